The van der Waals surface area contributed by atoms with Gasteiger partial charge in [0.2, 0.25) is 0 Å². The van der Waals surface area contributed by atoms with Crippen LogP contribution >= 0.6 is 0 Å². The van der Waals surface area contributed by atoms with E-state index in [1.807, 2.05) is 0 Å². The SMILES string of the molecule is C=C(C)C(=O)Oc1ccccc1C(=O)CC. The van der Waals surface area contributed by atoms with Crippen LogP contribution in [-0.2, 0) is 4.79 Å². The number of ketones is 1. The van der Waals surface area contributed by atoms with Crippen LogP contribution in [0.15, 0.2) is 36.4 Å². The van der Waals surface area contributed by atoms with Crippen LogP contribution in [0.1, 0.15) is 30.6 Å². The highest BCUT2D eigenvalue weighted by molar-refractivity contribution is 5.99. The zero-order valence-electron chi connectivity index (χ0n) is 9.45. The molecular weight excluding hydrogens is 204 g/mol. The third kappa shape index (κ3) is 2.79. The van der Waals surface area contributed by atoms with Crippen molar-refractivity contribution in [2.45, 2.75) is 20.3 Å². The molecule has 3 heteroatoms. The van der Waals surface area contributed by atoms with Gasteiger partial charge in [0.1, 0.15) is 5.75 Å². The topological polar surface area (TPSA) is 43.4 Å². The smallest absolute Gasteiger partial charge is 0.338 e. The monoisotopic (exact) mass is 218 g/mol. The van der Waals surface area contributed by atoms with E-state index in [0.29, 0.717) is 23.3 Å². The number of hydrogen-bond acceptors (Lipinski definition) is 3. The summed E-state index contributed by atoms with van der Waals surface area (Å²) in [5.41, 5.74) is 0.735. The lowest BCUT2D eigenvalue weighted by Gasteiger charge is -2.07. The number of Topliss-reactive ketones (excluding diaryl/α,β-unsaturated/α-hetero) is 1. The molecule has 0 radical (unpaired) electrons. The summed E-state index contributed by atoms with van der Waals surface area (Å²) in [6.45, 7) is 6.81. The van der Waals surface area contributed by atoms with Gasteiger partial charge < -0.3 is 4.74 Å². The van der Waals surface area contributed by atoms with Gasteiger partial charge in [-0.05, 0) is 19.1 Å². The molecule has 1 rings (SSSR count). The van der Waals surface area contributed by atoms with Crippen molar-refractivity contribution in [1.29, 1.82) is 0 Å². The van der Waals surface area contributed by atoms with E-state index in [2.05, 4.69) is 6.58 Å². The largest absolute Gasteiger partial charge is 0.422 e. The van der Waals surface area contributed by atoms with E-state index in [0.717, 1.165) is 0 Å². The fraction of sp³-hybridized carbons (Fsp3) is 0.231. The first kappa shape index (κ1) is 12.2. The van der Waals surface area contributed by atoms with Gasteiger partial charge in [-0.2, -0.15) is 0 Å². The number of carbonyl (C=O) groups excluding carboxylic acids is 2. The lowest BCUT2D eigenvalue weighted by Crippen LogP contribution is -2.11. The van der Waals surface area contributed by atoms with Crippen molar-refractivity contribution < 1.29 is 14.3 Å². The summed E-state index contributed by atoms with van der Waals surface area (Å²) in [4.78, 5) is 22.9. The Morgan fingerprint density at radius 2 is 1.94 bits per heavy atom. The van der Waals surface area contributed by atoms with Crippen molar-refractivity contribution in [3.05, 3.63) is 42.0 Å². The molecule has 0 aliphatic carbocycles. The van der Waals surface area contributed by atoms with E-state index in [-0.39, 0.29) is 5.78 Å². The molecule has 0 heterocycles. The van der Waals surface area contributed by atoms with Crippen molar-refractivity contribution in [2.75, 3.05) is 0 Å². The quantitative estimate of drug-likeness (QED) is 0.338. The van der Waals surface area contributed by atoms with E-state index in [4.69, 9.17) is 4.74 Å². The average Bonchev–Trinajstić information content (AvgIpc) is 2.28. The molecule has 0 spiro atoms. The fourth-order valence-corrected chi connectivity index (χ4v) is 1.16. The second kappa shape index (κ2) is 5.26. The summed E-state index contributed by atoms with van der Waals surface area (Å²) >= 11 is 0. The summed E-state index contributed by atoms with van der Waals surface area (Å²) in [7, 11) is 0. The molecule has 84 valence electrons. The van der Waals surface area contributed by atoms with Crippen LogP contribution in [0.5, 0.6) is 5.75 Å². The Balaban J connectivity index is 3.00. The molecule has 0 amide bonds. The van der Waals surface area contributed by atoms with Gasteiger partial charge in [0.15, 0.2) is 5.78 Å². The number of benzene rings is 1. The van der Waals surface area contributed by atoms with E-state index in [1.165, 1.54) is 0 Å². The molecular formula is C13H14O3. The Bertz CT molecular complexity index is 433. The second-order valence-corrected chi connectivity index (χ2v) is 3.44. The maximum atomic E-state index is 11.6. The highest BCUT2D eigenvalue weighted by atomic mass is 16.5. The van der Waals surface area contributed by atoms with Gasteiger partial charge >= 0.3 is 5.97 Å². The molecule has 0 saturated heterocycles. The Morgan fingerprint density at radius 1 is 1.31 bits per heavy atom. The Labute approximate surface area is 94.7 Å². The Morgan fingerprint density at radius 3 is 2.50 bits per heavy atom. The maximum absolute atomic E-state index is 11.6. The van der Waals surface area contributed by atoms with Crippen LogP contribution in [0, 0.1) is 0 Å². The van der Waals surface area contributed by atoms with Crippen LogP contribution in [-0.4, -0.2) is 11.8 Å². The Hall–Kier alpha value is -1.90. The van der Waals surface area contributed by atoms with Crippen molar-refractivity contribution in [3.63, 3.8) is 0 Å². The minimum absolute atomic E-state index is 0.0508. The molecule has 0 aromatic heterocycles. The molecule has 0 fully saturated rings. The molecule has 1 aromatic carbocycles. The molecule has 0 N–H and O–H groups in total. The van der Waals surface area contributed by atoms with Gasteiger partial charge in [0.25, 0.3) is 0 Å². The van der Waals surface area contributed by atoms with Crippen LogP contribution in [0.4, 0.5) is 0 Å². The van der Waals surface area contributed by atoms with Gasteiger partial charge in [-0.15, -0.1) is 0 Å². The van der Waals surface area contributed by atoms with Crippen molar-refractivity contribution >= 4 is 11.8 Å². The van der Waals surface area contributed by atoms with Gasteiger partial charge in [-0.25, -0.2) is 4.79 Å². The van der Waals surface area contributed by atoms with Crippen LogP contribution in [0.3, 0.4) is 0 Å². The molecule has 1 aromatic rings. The van der Waals surface area contributed by atoms with E-state index in [1.54, 1.807) is 38.1 Å². The zero-order chi connectivity index (χ0) is 12.1. The highest BCUT2D eigenvalue weighted by Gasteiger charge is 2.13. The van der Waals surface area contributed by atoms with Crippen molar-refractivity contribution in [2.24, 2.45) is 0 Å². The normalized spacial score (nSPS) is 9.62. The van der Waals surface area contributed by atoms with Crippen molar-refractivity contribution in [3.8, 4) is 5.75 Å². The lowest BCUT2D eigenvalue weighted by atomic mass is 10.1. The van der Waals surface area contributed by atoms with Crippen LogP contribution < -0.4 is 4.74 Å². The fourth-order valence-electron chi connectivity index (χ4n) is 1.16. The molecule has 0 aliphatic rings. The second-order valence-electron chi connectivity index (χ2n) is 3.44. The maximum Gasteiger partial charge on any atom is 0.338 e. The molecule has 0 bridgehead atoms. The number of para-hydroxylation sites is 1. The number of ether oxygens (including phenoxy) is 1. The first-order valence-corrected chi connectivity index (χ1v) is 5.06. The zero-order valence-corrected chi connectivity index (χ0v) is 9.45. The third-order valence-electron chi connectivity index (χ3n) is 2.06. The summed E-state index contributed by atoms with van der Waals surface area (Å²) in [6.07, 6.45) is 0.377. The molecule has 3 nitrogen and oxygen atoms in total. The number of hydrogen-bond donors (Lipinski definition) is 0. The number of carbonyl (C=O) groups is 2. The van der Waals surface area contributed by atoms with Gasteiger partial charge in [0.05, 0.1) is 5.56 Å². The molecule has 0 atom stereocenters. The number of rotatable bonds is 4. The molecule has 0 saturated carbocycles. The summed E-state index contributed by atoms with van der Waals surface area (Å²) in [5.74, 6) is -0.274. The minimum Gasteiger partial charge on any atom is -0.422 e. The summed E-state index contributed by atoms with van der Waals surface area (Å²) < 4.78 is 5.07. The van der Waals surface area contributed by atoms with Gasteiger partial charge in [0, 0.05) is 12.0 Å². The van der Waals surface area contributed by atoms with Gasteiger partial charge in [-0.1, -0.05) is 25.6 Å². The van der Waals surface area contributed by atoms with Crippen LogP contribution in [0.2, 0.25) is 0 Å². The standard InChI is InChI=1S/C13H14O3/c1-4-11(14)10-7-5-6-8-12(10)16-13(15)9(2)3/h5-8H,2,4H2,1,3H3. The third-order valence-corrected chi connectivity index (χ3v) is 2.06. The van der Waals surface area contributed by atoms with E-state index < -0.39 is 5.97 Å². The first-order chi connectivity index (χ1) is 7.56. The lowest BCUT2D eigenvalue weighted by molar-refractivity contribution is -0.130. The van der Waals surface area contributed by atoms with Gasteiger partial charge in [-0.3, -0.25) is 4.79 Å². The predicted molar refractivity (Wildman–Crippen MR) is 61.5 cm³/mol. The first-order valence-electron chi connectivity index (χ1n) is 5.06. The predicted octanol–water partition coefficient (Wildman–Crippen LogP) is 2.76. The number of esters is 1. The Kier molecular flexibility index (Phi) is 4.00. The summed E-state index contributed by atoms with van der Waals surface area (Å²) in [6, 6.07) is 6.70. The average molecular weight is 218 g/mol. The summed E-state index contributed by atoms with van der Waals surface area (Å²) in [5, 5.41) is 0. The van der Waals surface area contributed by atoms with E-state index in [9.17, 15) is 9.59 Å². The minimum atomic E-state index is -0.517. The van der Waals surface area contributed by atoms with E-state index >= 15 is 0 Å². The molecule has 0 aliphatic heterocycles. The molecule has 0 unspecified atom stereocenters. The van der Waals surface area contributed by atoms with Crippen molar-refractivity contribution in [1.82, 2.24) is 0 Å². The molecule has 16 heavy (non-hydrogen) atoms. The highest BCUT2D eigenvalue weighted by Crippen LogP contribution is 2.20. The van der Waals surface area contributed by atoms with Crippen LogP contribution in [0.25, 0.3) is 0 Å².